The van der Waals surface area contributed by atoms with Crippen LogP contribution in [0.25, 0.3) is 44.6 Å². The SMILES string of the molecule is C=C.C=C.C=C.C=O.COc1nc(N)nc2c1n(Cc1ccc(-c3ccccc3)cc1)c[n+]2COCCOP(=O)(O)OP(=O)(O)O.COc1nc(N)nc2c1n(Cc1ccc(-c3ccccc3)cc1)c[n+]2COCCOP(C)(=O)O. The maximum Gasteiger partial charge on any atom is 0.481 e. The maximum atomic E-state index is 11.5. The first kappa shape index (κ1) is 66.7. The Bertz CT molecular complexity index is 3300. The standard InChI is InChI=1S/C23H26N5O5P.C22H25N5O9P2.3C2H4.CH2O/c1-31-22-20-21(25-23(24)26-22)28(16-32-12-13-33-34(2,29)30)15-27(20)14-17-8-10-19(11-9-17)18-6-4-3-5-7-18;1-33-21-19-20(24-22(23)25-21)27(15-34-11-12-35-38(31,32)36-37(28,29)30)14-26(19)13-16-7-9-18(10-8-16)17-5-3-2-4-6-17;4*1-2/h3-11,15H,12-14,16H2,1-2H3,(H2-,24,25,26,29,30);2-10,14H,11-13,15H2,1H3,(H4-,23,24,25,28,29,30,31,32);3*1-2H2;1H2/p+2. The van der Waals surface area contributed by atoms with Crippen LogP contribution in [-0.4, -0.2) is 103 Å². The van der Waals surface area contributed by atoms with Gasteiger partial charge in [-0.05, 0) is 33.4 Å². The summed E-state index contributed by atoms with van der Waals surface area (Å²) < 4.78 is 75.8. The molecule has 0 aliphatic rings. The van der Waals surface area contributed by atoms with E-state index in [2.05, 4.69) is 105 Å². The molecule has 0 amide bonds. The summed E-state index contributed by atoms with van der Waals surface area (Å²) in [7, 11) is -10.7. The molecular weight excluding hydrogens is 1100 g/mol. The predicted octanol–water partition coefficient (Wildman–Crippen LogP) is 7.28. The number of nitrogens with zero attached hydrogens (tertiary/aromatic N) is 8. The van der Waals surface area contributed by atoms with Gasteiger partial charge in [-0.2, -0.15) is 14.3 Å². The Labute approximate surface area is 463 Å². The van der Waals surface area contributed by atoms with E-state index in [1.165, 1.54) is 14.2 Å². The fourth-order valence-electron chi connectivity index (χ4n) is 7.28. The number of rotatable bonds is 22. The molecule has 4 heterocycles. The number of fused-ring (bicyclic) bond motifs is 2. The number of phosphoric acid groups is 2. The van der Waals surface area contributed by atoms with Crippen LogP contribution in [0.5, 0.6) is 11.8 Å². The molecule has 28 heteroatoms. The van der Waals surface area contributed by atoms with Crippen LogP contribution in [0.15, 0.2) is 161 Å². The quantitative estimate of drug-likeness (QED) is 0.0168. The van der Waals surface area contributed by atoms with Gasteiger partial charge in [0.25, 0.3) is 11.8 Å². The van der Waals surface area contributed by atoms with Gasteiger partial charge in [-0.25, -0.2) is 18.3 Å². The van der Waals surface area contributed by atoms with Crippen LogP contribution in [0.3, 0.4) is 0 Å². The summed E-state index contributed by atoms with van der Waals surface area (Å²) >= 11 is 0. The fourth-order valence-corrected chi connectivity index (χ4v) is 9.26. The van der Waals surface area contributed by atoms with Gasteiger partial charge in [0.2, 0.25) is 11.0 Å². The third-order valence-electron chi connectivity index (χ3n) is 10.3. The summed E-state index contributed by atoms with van der Waals surface area (Å²) in [6.07, 6.45) is 3.59. The minimum atomic E-state index is -5.20. The van der Waals surface area contributed by atoms with Gasteiger partial charge in [0.15, 0.2) is 26.1 Å². The topological polar surface area (TPSA) is 335 Å². The number of nitrogen functional groups attached to an aromatic ring is 2. The molecule has 0 aliphatic heterocycles. The second-order valence-electron chi connectivity index (χ2n) is 15.7. The second-order valence-corrected chi connectivity index (χ2v) is 20.4. The van der Waals surface area contributed by atoms with Crippen molar-refractivity contribution in [1.29, 1.82) is 0 Å². The molecule has 80 heavy (non-hydrogen) atoms. The molecule has 0 spiro atoms. The van der Waals surface area contributed by atoms with Gasteiger partial charge in [-0.3, -0.25) is 18.2 Å². The largest absolute Gasteiger partial charge is 0.481 e. The number of benzene rings is 4. The molecule has 2 atom stereocenters. The lowest BCUT2D eigenvalue weighted by Gasteiger charge is -2.12. The summed E-state index contributed by atoms with van der Waals surface area (Å²) in [6.45, 7) is 21.7. The van der Waals surface area contributed by atoms with Gasteiger partial charge in [0.1, 0.15) is 6.79 Å². The monoisotopic (exact) mass is 1160 g/mol. The molecule has 0 aliphatic carbocycles. The Kier molecular flexibility index (Phi) is 27.6. The van der Waals surface area contributed by atoms with Crippen molar-refractivity contribution >= 4 is 64.3 Å². The van der Waals surface area contributed by atoms with E-state index in [1.807, 2.05) is 95.0 Å². The number of nitrogens with two attached hydrogens (primary N) is 2. The summed E-state index contributed by atoms with van der Waals surface area (Å²) in [5.74, 6) is 0.704. The lowest BCUT2D eigenvalue weighted by atomic mass is 10.0. The number of hydrogen-bond acceptors (Lipinski definition) is 17. The predicted molar refractivity (Wildman–Crippen MR) is 303 cm³/mol. The number of anilines is 2. The summed E-state index contributed by atoms with van der Waals surface area (Å²) in [5, 5.41) is 0. The second kappa shape index (κ2) is 33.1. The van der Waals surface area contributed by atoms with Crippen molar-refractivity contribution in [3.05, 3.63) is 172 Å². The highest BCUT2D eigenvalue weighted by atomic mass is 31.3. The average Bonchev–Trinajstić information content (AvgIpc) is 4.17. The number of aromatic nitrogens is 8. The zero-order valence-corrected chi connectivity index (χ0v) is 47.2. The van der Waals surface area contributed by atoms with E-state index in [0.29, 0.717) is 41.3 Å². The highest BCUT2D eigenvalue weighted by Crippen LogP contribution is 2.57. The molecule has 0 fully saturated rings. The first-order chi connectivity index (χ1) is 38.4. The van der Waals surface area contributed by atoms with E-state index >= 15 is 0 Å². The highest BCUT2D eigenvalue weighted by molar-refractivity contribution is 7.60. The van der Waals surface area contributed by atoms with E-state index in [1.54, 1.807) is 15.5 Å². The third kappa shape index (κ3) is 20.6. The summed E-state index contributed by atoms with van der Waals surface area (Å²) in [5.41, 5.74) is 20.5. The third-order valence-corrected chi connectivity index (χ3v) is 13.2. The number of phosphoric ester groups is 1. The first-order valence-electron chi connectivity index (χ1n) is 23.5. The van der Waals surface area contributed by atoms with Crippen LogP contribution < -0.4 is 30.1 Å². The van der Waals surface area contributed by atoms with Crippen LogP contribution in [0.1, 0.15) is 11.1 Å². The smallest absolute Gasteiger partial charge is 0.478 e. The molecule has 2 unspecified atom stereocenters. The fraction of sp³-hybridized carbons (Fsp3) is 0.212. The van der Waals surface area contributed by atoms with Crippen molar-refractivity contribution in [1.82, 2.24) is 29.1 Å². The van der Waals surface area contributed by atoms with Gasteiger partial charge in [-0.1, -0.05) is 119 Å². The molecule has 25 nitrogen and oxygen atoms in total. The Morgan fingerprint density at radius 1 is 0.525 bits per heavy atom. The van der Waals surface area contributed by atoms with Crippen molar-refractivity contribution < 1.29 is 79.5 Å². The van der Waals surface area contributed by atoms with Crippen molar-refractivity contribution in [2.75, 3.05) is 58.8 Å². The molecule has 428 valence electrons. The van der Waals surface area contributed by atoms with Crippen molar-refractivity contribution in [2.24, 2.45) is 0 Å². The van der Waals surface area contributed by atoms with E-state index in [9.17, 15) is 23.5 Å². The molecule has 4 aromatic heterocycles. The van der Waals surface area contributed by atoms with Crippen LogP contribution in [-0.2, 0) is 67.9 Å². The van der Waals surface area contributed by atoms with Crippen molar-refractivity contribution in [3.8, 4) is 34.0 Å². The molecular formula is C52H67N10O15P3+2. The molecule has 0 bridgehead atoms. The van der Waals surface area contributed by atoms with Gasteiger partial charge >= 0.3 is 46.4 Å². The van der Waals surface area contributed by atoms with Crippen LogP contribution in [0.2, 0.25) is 0 Å². The average molecular weight is 1170 g/mol. The molecule has 8 aromatic rings. The number of imidazole rings is 2. The zero-order valence-electron chi connectivity index (χ0n) is 44.5. The highest BCUT2D eigenvalue weighted by Gasteiger charge is 2.32. The van der Waals surface area contributed by atoms with E-state index in [-0.39, 0.29) is 51.1 Å². The maximum absolute atomic E-state index is 11.5. The molecule has 8 rings (SSSR count). The van der Waals surface area contributed by atoms with E-state index in [4.69, 9.17) is 49.5 Å². The molecule has 0 saturated carbocycles. The van der Waals surface area contributed by atoms with Crippen molar-refractivity contribution in [3.63, 3.8) is 0 Å². The number of carbonyl (C=O) groups excluding carboxylic acids is 1. The lowest BCUT2D eigenvalue weighted by Crippen LogP contribution is -2.35. The minimum absolute atomic E-state index is 0.00230. The van der Waals surface area contributed by atoms with Crippen LogP contribution >= 0.6 is 23.2 Å². The lowest BCUT2D eigenvalue weighted by molar-refractivity contribution is -0.711. The first-order valence-corrected chi connectivity index (χ1v) is 28.6. The van der Waals surface area contributed by atoms with Crippen LogP contribution in [0, 0.1) is 0 Å². The zero-order chi connectivity index (χ0) is 59.5. The van der Waals surface area contributed by atoms with Gasteiger partial charge in [-0.15, -0.1) is 39.5 Å². The number of hydrogen-bond donors (Lipinski definition) is 6. The molecule has 4 aromatic carbocycles. The van der Waals surface area contributed by atoms with E-state index < -0.39 is 29.8 Å². The number of carbonyl (C=O) groups is 1. The molecule has 8 N–H and O–H groups in total. The Hall–Kier alpha value is -7.60. The Balaban J connectivity index is 0.000000376. The Morgan fingerprint density at radius 2 is 0.875 bits per heavy atom. The van der Waals surface area contributed by atoms with Gasteiger partial charge < -0.3 is 59.3 Å². The van der Waals surface area contributed by atoms with E-state index in [0.717, 1.165) is 40.0 Å². The minimum Gasteiger partial charge on any atom is -0.478 e. The molecule has 0 radical (unpaired) electrons. The summed E-state index contributed by atoms with van der Waals surface area (Å²) in [4.78, 5) is 60.9. The van der Waals surface area contributed by atoms with Gasteiger partial charge in [0, 0.05) is 6.66 Å². The normalized spacial score (nSPS) is 12.2. The Morgan fingerprint density at radius 3 is 1.21 bits per heavy atom. The summed E-state index contributed by atoms with van der Waals surface area (Å²) in [6, 6.07) is 36.7. The molecule has 0 saturated heterocycles. The number of methoxy groups -OCH3 is 2. The number of ether oxygens (including phenoxy) is 4. The van der Waals surface area contributed by atoms with Gasteiger partial charge in [0.05, 0.1) is 53.7 Å². The van der Waals surface area contributed by atoms with Crippen molar-refractivity contribution in [2.45, 2.75) is 26.6 Å². The van der Waals surface area contributed by atoms with Crippen LogP contribution in [0.4, 0.5) is 11.9 Å².